The minimum absolute atomic E-state index is 0.499. The first-order valence-corrected chi connectivity index (χ1v) is 6.89. The van der Waals surface area contributed by atoms with E-state index in [1.54, 1.807) is 0 Å². The molecule has 0 radical (unpaired) electrons. The largest absolute Gasteiger partial charge is 0.123 e. The fourth-order valence-electron chi connectivity index (χ4n) is 3.71. The summed E-state index contributed by atoms with van der Waals surface area (Å²) in [5, 5.41) is 0.499. The van der Waals surface area contributed by atoms with E-state index in [9.17, 15) is 0 Å². The van der Waals surface area contributed by atoms with Crippen LogP contribution in [0.25, 0.3) is 0 Å². The summed E-state index contributed by atoms with van der Waals surface area (Å²) in [6.07, 6.45) is 11.3. The molecule has 0 bridgehead atoms. The SMILES string of the molecule is CCC1CCCCC1C1CCC(Cl)C1. The van der Waals surface area contributed by atoms with Crippen molar-refractivity contribution in [1.82, 2.24) is 0 Å². The van der Waals surface area contributed by atoms with Crippen LogP contribution in [-0.2, 0) is 0 Å². The fraction of sp³-hybridized carbons (Fsp3) is 1.00. The van der Waals surface area contributed by atoms with Crippen LogP contribution in [0.3, 0.4) is 0 Å². The zero-order valence-corrected chi connectivity index (χ0v) is 10.1. The van der Waals surface area contributed by atoms with E-state index in [2.05, 4.69) is 6.92 Å². The summed E-state index contributed by atoms with van der Waals surface area (Å²) in [5.74, 6) is 3.02. The van der Waals surface area contributed by atoms with Crippen molar-refractivity contribution in [3.63, 3.8) is 0 Å². The van der Waals surface area contributed by atoms with Gasteiger partial charge >= 0.3 is 0 Å². The highest BCUT2D eigenvalue weighted by Crippen LogP contribution is 2.44. The Morgan fingerprint density at radius 3 is 2.50 bits per heavy atom. The van der Waals surface area contributed by atoms with Crippen LogP contribution in [0.2, 0.25) is 0 Å². The lowest BCUT2D eigenvalue weighted by Crippen LogP contribution is -2.25. The molecule has 14 heavy (non-hydrogen) atoms. The van der Waals surface area contributed by atoms with E-state index in [1.807, 2.05) is 0 Å². The molecule has 2 aliphatic carbocycles. The topological polar surface area (TPSA) is 0 Å². The van der Waals surface area contributed by atoms with Gasteiger partial charge in [0.25, 0.3) is 0 Å². The molecule has 0 nitrogen and oxygen atoms in total. The van der Waals surface area contributed by atoms with Crippen molar-refractivity contribution >= 4 is 11.6 Å². The van der Waals surface area contributed by atoms with Gasteiger partial charge in [-0.25, -0.2) is 0 Å². The molecule has 0 spiro atoms. The van der Waals surface area contributed by atoms with E-state index in [0.29, 0.717) is 5.38 Å². The van der Waals surface area contributed by atoms with E-state index < -0.39 is 0 Å². The van der Waals surface area contributed by atoms with Crippen LogP contribution in [0.15, 0.2) is 0 Å². The number of hydrogen-bond acceptors (Lipinski definition) is 0. The van der Waals surface area contributed by atoms with Crippen LogP contribution in [0.4, 0.5) is 0 Å². The van der Waals surface area contributed by atoms with Crippen LogP contribution in [0.1, 0.15) is 58.3 Å². The van der Waals surface area contributed by atoms with Crippen molar-refractivity contribution in [3.8, 4) is 0 Å². The predicted octanol–water partition coefficient (Wildman–Crippen LogP) is 4.61. The van der Waals surface area contributed by atoms with Crippen LogP contribution >= 0.6 is 11.6 Å². The average Bonchev–Trinajstić information content (AvgIpc) is 2.65. The molecule has 0 N–H and O–H groups in total. The second kappa shape index (κ2) is 4.88. The predicted molar refractivity (Wildman–Crippen MR) is 62.7 cm³/mol. The maximum absolute atomic E-state index is 6.22. The van der Waals surface area contributed by atoms with E-state index in [4.69, 9.17) is 11.6 Å². The van der Waals surface area contributed by atoms with Crippen LogP contribution in [0, 0.1) is 17.8 Å². The number of alkyl halides is 1. The Kier molecular flexibility index (Phi) is 3.76. The maximum Gasteiger partial charge on any atom is 0.0338 e. The first-order valence-electron chi connectivity index (χ1n) is 6.45. The van der Waals surface area contributed by atoms with Gasteiger partial charge in [-0.3, -0.25) is 0 Å². The quantitative estimate of drug-likeness (QED) is 0.589. The molecule has 4 atom stereocenters. The van der Waals surface area contributed by atoms with Crippen LogP contribution in [-0.4, -0.2) is 5.38 Å². The lowest BCUT2D eigenvalue weighted by molar-refractivity contribution is 0.158. The zero-order valence-electron chi connectivity index (χ0n) is 9.34. The Morgan fingerprint density at radius 2 is 1.86 bits per heavy atom. The van der Waals surface area contributed by atoms with Crippen LogP contribution < -0.4 is 0 Å². The van der Waals surface area contributed by atoms with Crippen molar-refractivity contribution in [2.45, 2.75) is 63.7 Å². The van der Waals surface area contributed by atoms with Gasteiger partial charge < -0.3 is 0 Å². The lowest BCUT2D eigenvalue weighted by Gasteiger charge is -2.35. The third-order valence-corrected chi connectivity index (χ3v) is 4.90. The summed E-state index contributed by atoms with van der Waals surface area (Å²) in [6.45, 7) is 2.37. The van der Waals surface area contributed by atoms with Gasteiger partial charge in [0, 0.05) is 5.38 Å². The summed E-state index contributed by atoms with van der Waals surface area (Å²) < 4.78 is 0. The molecule has 2 fully saturated rings. The Bertz CT molecular complexity index is 178. The summed E-state index contributed by atoms with van der Waals surface area (Å²) in [5.41, 5.74) is 0. The van der Waals surface area contributed by atoms with E-state index in [0.717, 1.165) is 17.8 Å². The highest BCUT2D eigenvalue weighted by molar-refractivity contribution is 6.20. The molecule has 82 valence electrons. The fourth-order valence-corrected chi connectivity index (χ4v) is 4.07. The van der Waals surface area contributed by atoms with Crippen molar-refractivity contribution in [3.05, 3.63) is 0 Å². The molecule has 0 heterocycles. The standard InChI is InChI=1S/C13H23Cl/c1-2-10-5-3-4-6-13(10)11-7-8-12(14)9-11/h10-13H,2-9H2,1H3. The minimum atomic E-state index is 0.499. The molecular weight excluding hydrogens is 192 g/mol. The summed E-state index contributed by atoms with van der Waals surface area (Å²) in [4.78, 5) is 0. The smallest absolute Gasteiger partial charge is 0.0338 e. The first-order chi connectivity index (χ1) is 6.81. The van der Waals surface area contributed by atoms with Crippen molar-refractivity contribution in [1.29, 1.82) is 0 Å². The van der Waals surface area contributed by atoms with Gasteiger partial charge in [0.2, 0.25) is 0 Å². The van der Waals surface area contributed by atoms with Gasteiger partial charge in [-0.1, -0.05) is 32.6 Å². The third-order valence-electron chi connectivity index (χ3n) is 4.51. The number of rotatable bonds is 2. The van der Waals surface area contributed by atoms with Crippen molar-refractivity contribution in [2.75, 3.05) is 0 Å². The molecule has 1 heteroatoms. The zero-order chi connectivity index (χ0) is 9.97. The molecule has 2 rings (SSSR count). The molecular formula is C13H23Cl. The molecule has 0 amide bonds. The maximum atomic E-state index is 6.22. The van der Waals surface area contributed by atoms with Gasteiger partial charge in [-0.2, -0.15) is 0 Å². The van der Waals surface area contributed by atoms with E-state index in [1.165, 1.54) is 51.4 Å². The minimum Gasteiger partial charge on any atom is -0.123 e. The summed E-state index contributed by atoms with van der Waals surface area (Å²) in [7, 11) is 0. The van der Waals surface area contributed by atoms with Gasteiger partial charge in [-0.05, 0) is 43.4 Å². The second-order valence-corrected chi connectivity index (χ2v) is 5.90. The second-order valence-electron chi connectivity index (χ2n) is 5.29. The molecule has 0 aromatic heterocycles. The summed E-state index contributed by atoms with van der Waals surface area (Å²) in [6, 6.07) is 0. The molecule has 2 aliphatic rings. The summed E-state index contributed by atoms with van der Waals surface area (Å²) >= 11 is 6.22. The molecule has 2 saturated carbocycles. The average molecular weight is 215 g/mol. The highest BCUT2D eigenvalue weighted by atomic mass is 35.5. The molecule has 0 saturated heterocycles. The highest BCUT2D eigenvalue weighted by Gasteiger charge is 2.34. The lowest BCUT2D eigenvalue weighted by atomic mass is 9.71. The molecule has 0 aliphatic heterocycles. The van der Waals surface area contributed by atoms with E-state index in [-0.39, 0.29) is 0 Å². The molecule has 0 aromatic rings. The van der Waals surface area contributed by atoms with Gasteiger partial charge in [0.05, 0.1) is 0 Å². The monoisotopic (exact) mass is 214 g/mol. The molecule has 4 unspecified atom stereocenters. The number of hydrogen-bond donors (Lipinski definition) is 0. The van der Waals surface area contributed by atoms with Gasteiger partial charge in [0.1, 0.15) is 0 Å². The Morgan fingerprint density at radius 1 is 1.07 bits per heavy atom. The number of halogens is 1. The van der Waals surface area contributed by atoms with Crippen molar-refractivity contribution < 1.29 is 0 Å². The van der Waals surface area contributed by atoms with Gasteiger partial charge in [0.15, 0.2) is 0 Å². The van der Waals surface area contributed by atoms with Crippen LogP contribution in [0.5, 0.6) is 0 Å². The van der Waals surface area contributed by atoms with Crippen molar-refractivity contribution in [2.24, 2.45) is 17.8 Å². The normalized spacial score (nSPS) is 44.1. The first kappa shape index (κ1) is 10.8. The van der Waals surface area contributed by atoms with Gasteiger partial charge in [-0.15, -0.1) is 11.6 Å². The Balaban J connectivity index is 1.93. The third kappa shape index (κ3) is 2.27. The van der Waals surface area contributed by atoms with E-state index >= 15 is 0 Å². The Labute approximate surface area is 93.4 Å². The Hall–Kier alpha value is 0.290. The molecule has 0 aromatic carbocycles.